The van der Waals surface area contributed by atoms with Crippen LogP contribution in [0.5, 0.6) is 5.75 Å². The zero-order valence-corrected chi connectivity index (χ0v) is 11.3. The molecule has 1 heterocycles. The standard InChI is InChI=1S/C14H18N2O4/c1-14(13(19)20)7-3-2-6-10(14)16-12(18)11-9(17)5-4-8-15-11/h4-5,8,10,17H,2-3,6-7H2,1H3,(H,16,18)(H,19,20). The summed E-state index contributed by atoms with van der Waals surface area (Å²) < 4.78 is 0. The van der Waals surface area contributed by atoms with E-state index >= 15 is 0 Å². The van der Waals surface area contributed by atoms with Crippen molar-refractivity contribution < 1.29 is 19.8 Å². The third-order valence-corrected chi connectivity index (χ3v) is 4.00. The highest BCUT2D eigenvalue weighted by atomic mass is 16.4. The summed E-state index contributed by atoms with van der Waals surface area (Å²) in [6, 6.07) is 2.44. The fourth-order valence-corrected chi connectivity index (χ4v) is 2.62. The van der Waals surface area contributed by atoms with Crippen LogP contribution in [-0.2, 0) is 4.79 Å². The van der Waals surface area contributed by atoms with Crippen LogP contribution in [0, 0.1) is 5.41 Å². The molecule has 20 heavy (non-hydrogen) atoms. The number of amides is 1. The second-order valence-electron chi connectivity index (χ2n) is 5.37. The Morgan fingerprint density at radius 3 is 2.85 bits per heavy atom. The van der Waals surface area contributed by atoms with Crippen LogP contribution in [0.3, 0.4) is 0 Å². The van der Waals surface area contributed by atoms with E-state index in [1.165, 1.54) is 18.3 Å². The number of pyridine rings is 1. The van der Waals surface area contributed by atoms with Crippen molar-refractivity contribution in [1.29, 1.82) is 0 Å². The van der Waals surface area contributed by atoms with Crippen molar-refractivity contribution in [3.8, 4) is 5.75 Å². The van der Waals surface area contributed by atoms with Gasteiger partial charge < -0.3 is 15.5 Å². The van der Waals surface area contributed by atoms with E-state index in [-0.39, 0.29) is 11.4 Å². The summed E-state index contributed by atoms with van der Waals surface area (Å²) in [5.74, 6) is -1.66. The Bertz CT molecular complexity index is 532. The first-order valence-corrected chi connectivity index (χ1v) is 6.63. The van der Waals surface area contributed by atoms with E-state index in [0.717, 1.165) is 12.8 Å². The van der Waals surface area contributed by atoms with Gasteiger partial charge in [0.05, 0.1) is 5.41 Å². The van der Waals surface area contributed by atoms with Gasteiger partial charge in [-0.1, -0.05) is 12.8 Å². The van der Waals surface area contributed by atoms with Crippen molar-refractivity contribution in [3.05, 3.63) is 24.0 Å². The Morgan fingerprint density at radius 2 is 2.20 bits per heavy atom. The summed E-state index contributed by atoms with van der Waals surface area (Å²) >= 11 is 0. The number of carbonyl (C=O) groups excluding carboxylic acids is 1. The van der Waals surface area contributed by atoms with Gasteiger partial charge in [0.15, 0.2) is 5.69 Å². The molecular formula is C14H18N2O4. The van der Waals surface area contributed by atoms with Gasteiger partial charge in [0, 0.05) is 12.2 Å². The molecule has 1 saturated carbocycles. The van der Waals surface area contributed by atoms with Crippen LogP contribution >= 0.6 is 0 Å². The second-order valence-corrected chi connectivity index (χ2v) is 5.37. The van der Waals surface area contributed by atoms with Gasteiger partial charge in [-0.15, -0.1) is 0 Å². The zero-order valence-electron chi connectivity index (χ0n) is 11.3. The third-order valence-electron chi connectivity index (χ3n) is 4.00. The molecule has 1 amide bonds. The number of aromatic hydroxyl groups is 1. The van der Waals surface area contributed by atoms with E-state index in [0.29, 0.717) is 12.8 Å². The van der Waals surface area contributed by atoms with Gasteiger partial charge >= 0.3 is 5.97 Å². The van der Waals surface area contributed by atoms with E-state index in [2.05, 4.69) is 10.3 Å². The van der Waals surface area contributed by atoms with E-state index < -0.39 is 23.3 Å². The first-order valence-electron chi connectivity index (χ1n) is 6.63. The summed E-state index contributed by atoms with van der Waals surface area (Å²) in [7, 11) is 0. The van der Waals surface area contributed by atoms with Gasteiger partial charge in [0.25, 0.3) is 5.91 Å². The lowest BCUT2D eigenvalue weighted by molar-refractivity contribution is -0.151. The van der Waals surface area contributed by atoms with Gasteiger partial charge in [-0.2, -0.15) is 0 Å². The lowest BCUT2D eigenvalue weighted by atomic mass is 9.71. The topological polar surface area (TPSA) is 99.5 Å². The fourth-order valence-electron chi connectivity index (χ4n) is 2.62. The maximum Gasteiger partial charge on any atom is 0.311 e. The Balaban J connectivity index is 2.18. The van der Waals surface area contributed by atoms with Gasteiger partial charge in [0.1, 0.15) is 5.75 Å². The molecule has 3 N–H and O–H groups in total. The minimum absolute atomic E-state index is 0.0780. The summed E-state index contributed by atoms with van der Waals surface area (Å²) in [4.78, 5) is 27.4. The number of rotatable bonds is 3. The van der Waals surface area contributed by atoms with Crippen LogP contribution < -0.4 is 5.32 Å². The Morgan fingerprint density at radius 1 is 1.45 bits per heavy atom. The first kappa shape index (κ1) is 14.3. The SMILES string of the molecule is CC1(C(=O)O)CCCCC1NC(=O)c1ncccc1O. The lowest BCUT2D eigenvalue weighted by Crippen LogP contribution is -2.52. The molecule has 0 bridgehead atoms. The predicted molar refractivity (Wildman–Crippen MR) is 71.4 cm³/mol. The number of carboxylic acid groups (broad SMARTS) is 1. The molecule has 0 aromatic carbocycles. The fraction of sp³-hybridized carbons (Fsp3) is 0.500. The Labute approximate surface area is 116 Å². The first-order chi connectivity index (χ1) is 9.45. The Hall–Kier alpha value is -2.11. The van der Waals surface area contributed by atoms with Crippen LogP contribution in [0.2, 0.25) is 0 Å². The average Bonchev–Trinajstić information content (AvgIpc) is 2.41. The van der Waals surface area contributed by atoms with Crippen LogP contribution in [0.4, 0.5) is 0 Å². The van der Waals surface area contributed by atoms with Crippen LogP contribution in [0.1, 0.15) is 43.1 Å². The monoisotopic (exact) mass is 278 g/mol. The van der Waals surface area contributed by atoms with Gasteiger partial charge in [-0.05, 0) is 31.9 Å². The third kappa shape index (κ3) is 2.59. The highest BCUT2D eigenvalue weighted by Crippen LogP contribution is 2.36. The molecule has 6 nitrogen and oxygen atoms in total. The van der Waals surface area contributed by atoms with Crippen molar-refractivity contribution in [2.24, 2.45) is 5.41 Å². The maximum absolute atomic E-state index is 12.1. The largest absolute Gasteiger partial charge is 0.505 e. The normalized spacial score (nSPS) is 25.9. The summed E-state index contributed by atoms with van der Waals surface area (Å²) in [5.41, 5.74) is -1.05. The molecule has 2 atom stereocenters. The van der Waals surface area contributed by atoms with Crippen LogP contribution in [-0.4, -0.2) is 33.1 Å². The predicted octanol–water partition coefficient (Wildman–Crippen LogP) is 1.55. The van der Waals surface area contributed by atoms with E-state index in [1.54, 1.807) is 6.92 Å². The molecule has 1 aromatic rings. The van der Waals surface area contributed by atoms with E-state index in [1.807, 2.05) is 0 Å². The van der Waals surface area contributed by atoms with Crippen molar-refractivity contribution in [3.63, 3.8) is 0 Å². The number of hydrogen-bond donors (Lipinski definition) is 3. The van der Waals surface area contributed by atoms with Crippen molar-refractivity contribution in [2.45, 2.75) is 38.6 Å². The number of nitrogens with one attached hydrogen (secondary N) is 1. The molecule has 0 spiro atoms. The molecule has 1 aliphatic carbocycles. The molecule has 0 saturated heterocycles. The van der Waals surface area contributed by atoms with E-state index in [4.69, 9.17) is 0 Å². The molecule has 1 fully saturated rings. The maximum atomic E-state index is 12.1. The molecule has 108 valence electrons. The summed E-state index contributed by atoms with van der Waals surface area (Å²) in [6.07, 6.45) is 4.27. The molecule has 1 aromatic heterocycles. The minimum Gasteiger partial charge on any atom is -0.505 e. The highest BCUT2D eigenvalue weighted by Gasteiger charge is 2.44. The average molecular weight is 278 g/mol. The van der Waals surface area contributed by atoms with Crippen molar-refractivity contribution >= 4 is 11.9 Å². The molecular weight excluding hydrogens is 260 g/mol. The number of nitrogens with zero attached hydrogens (tertiary/aromatic N) is 1. The quantitative estimate of drug-likeness (QED) is 0.779. The number of carboxylic acids is 1. The molecule has 1 aliphatic rings. The molecule has 6 heteroatoms. The minimum atomic E-state index is -0.974. The number of aromatic nitrogens is 1. The molecule has 2 unspecified atom stereocenters. The zero-order chi connectivity index (χ0) is 14.8. The molecule has 2 rings (SSSR count). The van der Waals surface area contributed by atoms with Gasteiger partial charge in [0.2, 0.25) is 0 Å². The smallest absolute Gasteiger partial charge is 0.311 e. The van der Waals surface area contributed by atoms with Crippen LogP contribution in [0.15, 0.2) is 18.3 Å². The van der Waals surface area contributed by atoms with Gasteiger partial charge in [-0.3, -0.25) is 9.59 Å². The Kier molecular flexibility index (Phi) is 3.92. The molecule has 0 radical (unpaired) electrons. The van der Waals surface area contributed by atoms with Crippen LogP contribution in [0.25, 0.3) is 0 Å². The summed E-state index contributed by atoms with van der Waals surface area (Å²) in [6.45, 7) is 1.65. The van der Waals surface area contributed by atoms with Crippen molar-refractivity contribution in [1.82, 2.24) is 10.3 Å². The molecule has 0 aliphatic heterocycles. The number of hydrogen-bond acceptors (Lipinski definition) is 4. The van der Waals surface area contributed by atoms with Gasteiger partial charge in [-0.25, -0.2) is 4.98 Å². The van der Waals surface area contributed by atoms with E-state index in [9.17, 15) is 19.8 Å². The summed E-state index contributed by atoms with van der Waals surface area (Å²) in [5, 5.41) is 21.7. The number of aliphatic carboxylic acids is 1. The second kappa shape index (κ2) is 5.48. The lowest BCUT2D eigenvalue weighted by Gasteiger charge is -2.38. The number of carbonyl (C=O) groups is 2. The highest BCUT2D eigenvalue weighted by molar-refractivity contribution is 5.95. The van der Waals surface area contributed by atoms with Crippen molar-refractivity contribution in [2.75, 3.05) is 0 Å².